The fourth-order valence-electron chi connectivity index (χ4n) is 6.47. The second-order valence-electron chi connectivity index (χ2n) is 11.4. The van der Waals surface area contributed by atoms with Crippen LogP contribution in [-0.4, -0.2) is 88.6 Å². The molecule has 11 heteroatoms. The van der Waals surface area contributed by atoms with E-state index < -0.39 is 6.43 Å². The van der Waals surface area contributed by atoms with E-state index in [-0.39, 0.29) is 18.0 Å². The second-order valence-corrected chi connectivity index (χ2v) is 11.4. The summed E-state index contributed by atoms with van der Waals surface area (Å²) in [6.45, 7) is 9.87. The highest BCUT2D eigenvalue weighted by Crippen LogP contribution is 2.31. The lowest BCUT2D eigenvalue weighted by Gasteiger charge is -2.38. The zero-order chi connectivity index (χ0) is 27.6. The molecule has 1 aromatic carbocycles. The maximum Gasteiger partial charge on any atom is 0.296 e. The van der Waals surface area contributed by atoms with Crippen LogP contribution in [0, 0.1) is 5.92 Å². The Labute approximate surface area is 233 Å². The zero-order valence-corrected chi connectivity index (χ0v) is 23.3. The minimum absolute atomic E-state index is 0.0333. The van der Waals surface area contributed by atoms with Gasteiger partial charge in [0.2, 0.25) is 5.95 Å². The number of nitrogens with zero attached hydrogens (tertiary/aromatic N) is 6. The normalized spacial score (nSPS) is 26.5. The summed E-state index contributed by atoms with van der Waals surface area (Å²) in [4.78, 5) is 18.6. The summed E-state index contributed by atoms with van der Waals surface area (Å²) in [5.74, 6) is 1.74. The van der Waals surface area contributed by atoms with Crippen LogP contribution in [0.3, 0.4) is 0 Å². The standard InChI is InChI=1S/C29H39F2N7O2/c1-19-17-37(18-20(2)40-19)25-15-26(38-24-6-4-3-5-23(24)33-28(38)27(30)31)35-29(34-25)32-16-21-7-9-22(10-8-21)36-11-13-39-14-12-36/h3-6,15,19-22,27H,7-14,16-18H2,1-2H3,(H,32,34,35)/t19-,20+,21?,22?. The van der Waals surface area contributed by atoms with Crippen LogP contribution in [0.2, 0.25) is 0 Å². The third kappa shape index (κ3) is 5.91. The number of hydrogen-bond acceptors (Lipinski definition) is 8. The summed E-state index contributed by atoms with van der Waals surface area (Å²) in [5, 5.41) is 3.47. The van der Waals surface area contributed by atoms with Crippen molar-refractivity contribution < 1.29 is 18.3 Å². The van der Waals surface area contributed by atoms with E-state index in [1.165, 1.54) is 17.4 Å². The van der Waals surface area contributed by atoms with Crippen molar-refractivity contribution in [3.05, 3.63) is 36.2 Å². The van der Waals surface area contributed by atoms with Gasteiger partial charge in [-0.1, -0.05) is 12.1 Å². The first kappa shape index (κ1) is 27.3. The van der Waals surface area contributed by atoms with Crippen molar-refractivity contribution in [3.8, 4) is 5.82 Å². The molecule has 2 aliphatic heterocycles. The molecular weight excluding hydrogens is 516 g/mol. The Kier molecular flexibility index (Phi) is 8.13. The fraction of sp³-hybridized carbons (Fsp3) is 0.621. The van der Waals surface area contributed by atoms with Crippen molar-refractivity contribution in [1.29, 1.82) is 0 Å². The summed E-state index contributed by atoms with van der Waals surface area (Å²) >= 11 is 0. The van der Waals surface area contributed by atoms with Crippen LogP contribution in [0.15, 0.2) is 30.3 Å². The maximum atomic E-state index is 14.2. The van der Waals surface area contributed by atoms with E-state index >= 15 is 0 Å². The minimum atomic E-state index is -2.74. The Morgan fingerprint density at radius 2 is 1.65 bits per heavy atom. The Balaban J connectivity index is 1.26. The third-order valence-electron chi connectivity index (χ3n) is 8.38. The molecule has 0 bridgehead atoms. The second kappa shape index (κ2) is 11.9. The predicted octanol–water partition coefficient (Wildman–Crippen LogP) is 4.67. The van der Waals surface area contributed by atoms with Crippen molar-refractivity contribution >= 4 is 22.8 Å². The molecule has 3 aromatic rings. The lowest BCUT2D eigenvalue weighted by atomic mass is 9.85. The largest absolute Gasteiger partial charge is 0.379 e. The van der Waals surface area contributed by atoms with Gasteiger partial charge in [-0.05, 0) is 57.6 Å². The van der Waals surface area contributed by atoms with Gasteiger partial charge >= 0.3 is 0 Å². The number of hydrogen-bond donors (Lipinski definition) is 1. The van der Waals surface area contributed by atoms with E-state index in [9.17, 15) is 8.78 Å². The van der Waals surface area contributed by atoms with Crippen molar-refractivity contribution in [2.45, 2.75) is 64.2 Å². The van der Waals surface area contributed by atoms with Gasteiger partial charge in [0, 0.05) is 44.8 Å². The summed E-state index contributed by atoms with van der Waals surface area (Å²) in [5.41, 5.74) is 1.11. The maximum absolute atomic E-state index is 14.2. The van der Waals surface area contributed by atoms with E-state index in [0.29, 0.717) is 53.7 Å². The molecule has 0 spiro atoms. The van der Waals surface area contributed by atoms with Gasteiger partial charge in [0.05, 0.1) is 36.5 Å². The molecule has 0 amide bonds. The van der Waals surface area contributed by atoms with Gasteiger partial charge in [-0.25, -0.2) is 13.8 Å². The molecule has 4 heterocycles. The number of imidazole rings is 1. The smallest absolute Gasteiger partial charge is 0.296 e. The summed E-state index contributed by atoms with van der Waals surface area (Å²) < 4.78 is 41.3. The van der Waals surface area contributed by atoms with Crippen LogP contribution >= 0.6 is 0 Å². The number of rotatable bonds is 7. The number of ether oxygens (including phenoxy) is 2. The molecule has 40 heavy (non-hydrogen) atoms. The third-order valence-corrected chi connectivity index (χ3v) is 8.38. The molecule has 2 aromatic heterocycles. The van der Waals surface area contributed by atoms with Gasteiger partial charge in [-0.3, -0.25) is 9.47 Å². The average Bonchev–Trinajstić information content (AvgIpc) is 3.36. The van der Waals surface area contributed by atoms with Crippen LogP contribution in [-0.2, 0) is 9.47 Å². The number of aromatic nitrogens is 4. The average molecular weight is 556 g/mol. The number of para-hydroxylation sites is 2. The molecule has 0 radical (unpaired) electrons. The lowest BCUT2D eigenvalue weighted by molar-refractivity contribution is -0.00546. The first-order valence-electron chi connectivity index (χ1n) is 14.6. The van der Waals surface area contributed by atoms with Crippen molar-refractivity contribution in [2.24, 2.45) is 5.92 Å². The number of nitrogens with one attached hydrogen (secondary N) is 1. The van der Waals surface area contributed by atoms with Crippen LogP contribution in [0.4, 0.5) is 20.5 Å². The fourth-order valence-corrected chi connectivity index (χ4v) is 6.47. The van der Waals surface area contributed by atoms with Crippen LogP contribution in [0.5, 0.6) is 0 Å². The highest BCUT2D eigenvalue weighted by atomic mass is 19.3. The quantitative estimate of drug-likeness (QED) is 0.451. The first-order chi connectivity index (χ1) is 19.4. The van der Waals surface area contributed by atoms with Crippen LogP contribution in [0.25, 0.3) is 16.9 Å². The molecule has 9 nitrogen and oxygen atoms in total. The molecule has 216 valence electrons. The Bertz CT molecular complexity index is 1280. The lowest BCUT2D eigenvalue weighted by Crippen LogP contribution is -2.46. The molecule has 2 saturated heterocycles. The van der Waals surface area contributed by atoms with Crippen molar-refractivity contribution in [3.63, 3.8) is 0 Å². The number of morpholine rings is 2. The molecule has 3 fully saturated rings. The first-order valence-corrected chi connectivity index (χ1v) is 14.6. The summed E-state index contributed by atoms with van der Waals surface area (Å²) in [7, 11) is 0. The van der Waals surface area contributed by atoms with Crippen molar-refractivity contribution in [2.75, 3.05) is 56.2 Å². The molecule has 3 aliphatic rings. The highest BCUT2D eigenvalue weighted by molar-refractivity contribution is 5.78. The van der Waals surface area contributed by atoms with Gasteiger partial charge in [0.25, 0.3) is 6.43 Å². The monoisotopic (exact) mass is 555 g/mol. The van der Waals surface area contributed by atoms with Crippen LogP contribution < -0.4 is 10.2 Å². The topological polar surface area (TPSA) is 80.6 Å². The molecule has 1 aliphatic carbocycles. The number of benzene rings is 1. The summed E-state index contributed by atoms with van der Waals surface area (Å²) in [6.07, 6.45) is 1.97. The number of anilines is 2. The van der Waals surface area contributed by atoms with E-state index in [4.69, 9.17) is 19.4 Å². The van der Waals surface area contributed by atoms with Gasteiger partial charge in [0.1, 0.15) is 11.6 Å². The SMILES string of the molecule is C[C@@H]1CN(c2cc(-n3c(C(F)F)nc4ccccc43)nc(NCC3CCC(N4CCOCC4)CC3)n2)C[C@H](C)O1. The molecular formula is C29H39F2N7O2. The Morgan fingerprint density at radius 3 is 2.38 bits per heavy atom. The molecule has 2 atom stereocenters. The zero-order valence-electron chi connectivity index (χ0n) is 23.3. The predicted molar refractivity (Wildman–Crippen MR) is 150 cm³/mol. The number of halogens is 2. The molecule has 6 rings (SSSR count). The highest BCUT2D eigenvalue weighted by Gasteiger charge is 2.29. The Hall–Kier alpha value is -2.89. The van der Waals surface area contributed by atoms with Gasteiger partial charge in [-0.15, -0.1) is 0 Å². The molecule has 1 N–H and O–H groups in total. The number of fused-ring (bicyclic) bond motifs is 1. The van der Waals surface area contributed by atoms with Crippen molar-refractivity contribution in [1.82, 2.24) is 24.4 Å². The van der Waals surface area contributed by atoms with Gasteiger partial charge < -0.3 is 19.7 Å². The van der Waals surface area contributed by atoms with Crippen LogP contribution in [0.1, 0.15) is 51.8 Å². The van der Waals surface area contributed by atoms with E-state index in [2.05, 4.69) is 20.1 Å². The minimum Gasteiger partial charge on any atom is -0.379 e. The molecule has 1 saturated carbocycles. The van der Waals surface area contributed by atoms with Gasteiger partial charge in [-0.2, -0.15) is 9.97 Å². The number of alkyl halides is 2. The van der Waals surface area contributed by atoms with Gasteiger partial charge in [0.15, 0.2) is 5.82 Å². The van der Waals surface area contributed by atoms with E-state index in [1.807, 2.05) is 19.9 Å². The summed E-state index contributed by atoms with van der Waals surface area (Å²) in [6, 6.07) is 9.61. The van der Waals surface area contributed by atoms with E-state index in [1.54, 1.807) is 24.3 Å². The Morgan fingerprint density at radius 1 is 0.950 bits per heavy atom. The molecule has 0 unspecified atom stereocenters. The van der Waals surface area contributed by atoms with E-state index in [0.717, 1.165) is 45.7 Å².